The van der Waals surface area contributed by atoms with Crippen molar-refractivity contribution in [2.45, 2.75) is 0 Å². The summed E-state index contributed by atoms with van der Waals surface area (Å²) < 4.78 is 0.885. The summed E-state index contributed by atoms with van der Waals surface area (Å²) in [4.78, 5) is 39.3. The summed E-state index contributed by atoms with van der Waals surface area (Å²) in [5, 5.41) is 3.08. The number of amides is 1. The van der Waals surface area contributed by atoms with Gasteiger partial charge in [-0.15, -0.1) is 0 Å². The first-order valence-electron chi connectivity index (χ1n) is 7.03. The zero-order valence-electron chi connectivity index (χ0n) is 12.3. The van der Waals surface area contributed by atoms with Gasteiger partial charge in [-0.25, -0.2) is 9.36 Å². The molecule has 0 unspecified atom stereocenters. The molecule has 0 bridgehead atoms. The molecule has 0 aliphatic carbocycles. The van der Waals surface area contributed by atoms with Crippen molar-refractivity contribution in [3.8, 4) is 5.69 Å². The fraction of sp³-hybridized carbons (Fsp3) is 0. The lowest BCUT2D eigenvalue weighted by molar-refractivity contribution is 0.102. The number of anilines is 1. The number of halogens is 1. The summed E-state index contributed by atoms with van der Waals surface area (Å²) in [6, 6.07) is 14.9. The Hall–Kier alpha value is -3.12. The second kappa shape index (κ2) is 6.55. The smallest absolute Gasteiger partial charge is 0.322 e. The second-order valence-corrected chi connectivity index (χ2v) is 5.38. The van der Waals surface area contributed by atoms with Gasteiger partial charge in [0.25, 0.3) is 11.5 Å². The van der Waals surface area contributed by atoms with Gasteiger partial charge in [0.2, 0.25) is 0 Å². The van der Waals surface area contributed by atoms with Gasteiger partial charge in [0, 0.05) is 16.9 Å². The average Bonchev–Trinajstić information content (AvgIpc) is 2.57. The minimum Gasteiger partial charge on any atom is -0.322 e. The number of carbonyl (C=O) groups is 1. The first-order valence-corrected chi connectivity index (χ1v) is 7.41. The predicted molar refractivity (Wildman–Crippen MR) is 92.1 cm³/mol. The van der Waals surface area contributed by atoms with Gasteiger partial charge in [-0.2, -0.15) is 0 Å². The predicted octanol–water partition coefficient (Wildman–Crippen LogP) is 2.43. The lowest BCUT2D eigenvalue weighted by Gasteiger charge is -2.08. The van der Waals surface area contributed by atoms with E-state index < -0.39 is 17.2 Å². The van der Waals surface area contributed by atoms with Crippen LogP contribution in [0.4, 0.5) is 5.69 Å². The molecule has 0 saturated heterocycles. The molecular formula is C17H12ClN3O3. The number of hydrogen-bond acceptors (Lipinski definition) is 3. The van der Waals surface area contributed by atoms with Crippen molar-refractivity contribution in [1.82, 2.24) is 9.55 Å². The van der Waals surface area contributed by atoms with Crippen LogP contribution >= 0.6 is 11.6 Å². The molecule has 1 aromatic heterocycles. The summed E-state index contributed by atoms with van der Waals surface area (Å²) in [6.45, 7) is 0. The molecule has 1 amide bonds. The van der Waals surface area contributed by atoms with Crippen LogP contribution in [0.2, 0.25) is 5.02 Å². The molecule has 0 radical (unpaired) electrons. The van der Waals surface area contributed by atoms with Crippen molar-refractivity contribution in [3.05, 3.63) is 92.2 Å². The third-order valence-electron chi connectivity index (χ3n) is 3.34. The van der Waals surface area contributed by atoms with Crippen molar-refractivity contribution < 1.29 is 4.79 Å². The molecule has 3 aromatic rings. The summed E-state index contributed by atoms with van der Waals surface area (Å²) in [7, 11) is 0. The van der Waals surface area contributed by atoms with Gasteiger partial charge in [-0.05, 0) is 36.4 Å². The van der Waals surface area contributed by atoms with Crippen molar-refractivity contribution in [3.63, 3.8) is 0 Å². The Bertz CT molecular complexity index is 992. The Balaban J connectivity index is 2.03. The van der Waals surface area contributed by atoms with E-state index in [-0.39, 0.29) is 5.56 Å². The van der Waals surface area contributed by atoms with Crippen molar-refractivity contribution in [2.75, 3.05) is 5.32 Å². The Kier molecular flexibility index (Phi) is 4.31. The second-order valence-electron chi connectivity index (χ2n) is 4.94. The lowest BCUT2D eigenvalue weighted by Crippen LogP contribution is -2.38. The number of carbonyl (C=O) groups excluding carboxylic acids is 1. The number of nitrogens with one attached hydrogen (secondary N) is 2. The SMILES string of the molecule is O=C(Nc1ccccc1)c1c[nH]c(=O)n(-c2ccc(Cl)cc2)c1=O. The first kappa shape index (κ1) is 15.8. The number of para-hydroxylation sites is 1. The first-order chi connectivity index (χ1) is 11.6. The molecule has 0 fully saturated rings. The van der Waals surface area contributed by atoms with E-state index in [1.54, 1.807) is 36.4 Å². The van der Waals surface area contributed by atoms with Crippen LogP contribution in [0.25, 0.3) is 5.69 Å². The van der Waals surface area contributed by atoms with Crippen LogP contribution in [-0.4, -0.2) is 15.5 Å². The molecule has 1 heterocycles. The maximum Gasteiger partial charge on any atom is 0.333 e. The van der Waals surface area contributed by atoms with Gasteiger partial charge >= 0.3 is 5.69 Å². The summed E-state index contributed by atoms with van der Waals surface area (Å²) >= 11 is 5.81. The summed E-state index contributed by atoms with van der Waals surface area (Å²) in [5.41, 5.74) is -0.660. The van der Waals surface area contributed by atoms with E-state index >= 15 is 0 Å². The van der Waals surface area contributed by atoms with Crippen molar-refractivity contribution in [1.29, 1.82) is 0 Å². The van der Waals surface area contributed by atoms with Crippen LogP contribution < -0.4 is 16.6 Å². The standard InChI is InChI=1S/C17H12ClN3O3/c18-11-6-8-13(9-7-11)21-16(23)14(10-19-17(21)24)15(22)20-12-4-2-1-3-5-12/h1-10H,(H,19,24)(H,20,22). The molecule has 120 valence electrons. The number of aromatic nitrogens is 2. The van der Waals surface area contributed by atoms with Crippen LogP contribution in [0.5, 0.6) is 0 Å². The highest BCUT2D eigenvalue weighted by molar-refractivity contribution is 6.30. The minimum absolute atomic E-state index is 0.173. The van der Waals surface area contributed by atoms with Gasteiger partial charge in [-0.3, -0.25) is 9.59 Å². The Morgan fingerprint density at radius 2 is 1.67 bits per heavy atom. The molecular weight excluding hydrogens is 330 g/mol. The highest BCUT2D eigenvalue weighted by Crippen LogP contribution is 2.11. The third-order valence-corrected chi connectivity index (χ3v) is 3.59. The fourth-order valence-electron chi connectivity index (χ4n) is 2.18. The van der Waals surface area contributed by atoms with Crippen LogP contribution in [-0.2, 0) is 0 Å². The normalized spacial score (nSPS) is 10.4. The van der Waals surface area contributed by atoms with E-state index in [9.17, 15) is 14.4 Å². The van der Waals surface area contributed by atoms with Crippen LogP contribution in [0, 0.1) is 0 Å². The molecule has 0 aliphatic heterocycles. The highest BCUT2D eigenvalue weighted by atomic mass is 35.5. The summed E-state index contributed by atoms with van der Waals surface area (Å²) in [5.74, 6) is -0.606. The number of benzene rings is 2. The van der Waals surface area contributed by atoms with E-state index in [0.717, 1.165) is 10.8 Å². The molecule has 0 atom stereocenters. The molecule has 24 heavy (non-hydrogen) atoms. The summed E-state index contributed by atoms with van der Waals surface area (Å²) in [6.07, 6.45) is 1.11. The van der Waals surface area contributed by atoms with Gasteiger partial charge < -0.3 is 10.3 Å². The molecule has 6 nitrogen and oxygen atoms in total. The number of hydrogen-bond donors (Lipinski definition) is 2. The van der Waals surface area contributed by atoms with Crippen LogP contribution in [0.3, 0.4) is 0 Å². The fourth-order valence-corrected chi connectivity index (χ4v) is 2.31. The van der Waals surface area contributed by atoms with E-state index in [1.165, 1.54) is 12.1 Å². The molecule has 0 saturated carbocycles. The van der Waals surface area contributed by atoms with Crippen molar-refractivity contribution >= 4 is 23.2 Å². The van der Waals surface area contributed by atoms with Crippen LogP contribution in [0.15, 0.2) is 70.4 Å². The molecule has 2 N–H and O–H groups in total. The lowest BCUT2D eigenvalue weighted by atomic mass is 10.2. The minimum atomic E-state index is -0.713. The largest absolute Gasteiger partial charge is 0.333 e. The highest BCUT2D eigenvalue weighted by Gasteiger charge is 2.15. The number of nitrogens with zero attached hydrogens (tertiary/aromatic N) is 1. The van der Waals surface area contributed by atoms with Gasteiger partial charge in [0.05, 0.1) is 5.69 Å². The maximum absolute atomic E-state index is 12.6. The van der Waals surface area contributed by atoms with E-state index in [4.69, 9.17) is 11.6 Å². The third kappa shape index (κ3) is 3.13. The number of aromatic amines is 1. The zero-order valence-corrected chi connectivity index (χ0v) is 13.1. The molecule has 7 heteroatoms. The van der Waals surface area contributed by atoms with E-state index in [2.05, 4.69) is 10.3 Å². The molecule has 2 aromatic carbocycles. The molecule has 0 aliphatic rings. The Morgan fingerprint density at radius 3 is 2.33 bits per heavy atom. The maximum atomic E-state index is 12.6. The quantitative estimate of drug-likeness (QED) is 0.767. The van der Waals surface area contributed by atoms with Gasteiger partial charge in [0.15, 0.2) is 0 Å². The number of H-pyrrole nitrogens is 1. The molecule has 3 rings (SSSR count). The van der Waals surface area contributed by atoms with Crippen molar-refractivity contribution in [2.24, 2.45) is 0 Å². The average molecular weight is 342 g/mol. The Morgan fingerprint density at radius 1 is 1.00 bits per heavy atom. The topological polar surface area (TPSA) is 84.0 Å². The van der Waals surface area contributed by atoms with Gasteiger partial charge in [-0.1, -0.05) is 29.8 Å². The monoisotopic (exact) mass is 341 g/mol. The van der Waals surface area contributed by atoms with Crippen LogP contribution in [0.1, 0.15) is 10.4 Å². The Labute approximate surface area is 141 Å². The van der Waals surface area contributed by atoms with Gasteiger partial charge in [0.1, 0.15) is 5.56 Å². The number of rotatable bonds is 3. The van der Waals surface area contributed by atoms with E-state index in [1.807, 2.05) is 6.07 Å². The zero-order chi connectivity index (χ0) is 17.1. The molecule has 0 spiro atoms. The van der Waals surface area contributed by atoms with E-state index in [0.29, 0.717) is 16.4 Å².